The number of hydrogen-bond donors (Lipinski definition) is 1. The van der Waals surface area contributed by atoms with Crippen molar-refractivity contribution in [3.63, 3.8) is 0 Å². The lowest BCUT2D eigenvalue weighted by molar-refractivity contribution is -0.116. The van der Waals surface area contributed by atoms with E-state index in [1.165, 1.54) is 0 Å². The number of piperazine rings is 1. The highest BCUT2D eigenvalue weighted by Crippen LogP contribution is 2.29. The van der Waals surface area contributed by atoms with Crippen molar-refractivity contribution < 1.29 is 13.2 Å². The van der Waals surface area contributed by atoms with Crippen molar-refractivity contribution in [1.82, 2.24) is 9.21 Å². The van der Waals surface area contributed by atoms with Crippen LogP contribution < -0.4 is 5.32 Å². The van der Waals surface area contributed by atoms with E-state index >= 15 is 0 Å². The molecule has 1 aromatic rings. The number of carbonyl (C=O) groups excluding carboxylic acids is 1. The summed E-state index contributed by atoms with van der Waals surface area (Å²) in [4.78, 5) is 14.2. The number of fused-ring (bicyclic) bond motifs is 2. The van der Waals surface area contributed by atoms with Gasteiger partial charge in [-0.15, -0.1) is 0 Å². The van der Waals surface area contributed by atoms with Crippen LogP contribution in [0.5, 0.6) is 0 Å². The number of hydrogen-bond acceptors (Lipinski definition) is 4. The molecule has 4 rings (SSSR count). The largest absolute Gasteiger partial charge is 0.326 e. The smallest absolute Gasteiger partial charge is 0.243 e. The first kappa shape index (κ1) is 15.1. The zero-order valence-electron chi connectivity index (χ0n) is 13.0. The van der Waals surface area contributed by atoms with Crippen molar-refractivity contribution in [2.24, 2.45) is 0 Å². The Labute approximate surface area is 136 Å². The molecule has 0 unspecified atom stereocenters. The first-order valence-electron chi connectivity index (χ1n) is 8.21. The summed E-state index contributed by atoms with van der Waals surface area (Å²) in [6.07, 6.45) is 3.26. The molecule has 7 heteroatoms. The molecule has 1 atom stereocenters. The van der Waals surface area contributed by atoms with Gasteiger partial charge in [-0.25, -0.2) is 8.42 Å². The van der Waals surface area contributed by atoms with Gasteiger partial charge in [0.25, 0.3) is 0 Å². The van der Waals surface area contributed by atoms with E-state index in [1.807, 2.05) is 0 Å². The van der Waals surface area contributed by atoms with E-state index in [-0.39, 0.29) is 5.91 Å². The molecule has 0 aromatic heterocycles. The molecule has 1 aromatic carbocycles. The molecule has 23 heavy (non-hydrogen) atoms. The van der Waals surface area contributed by atoms with Crippen LogP contribution in [0.3, 0.4) is 0 Å². The van der Waals surface area contributed by atoms with Crippen LogP contribution in [-0.2, 0) is 21.2 Å². The topological polar surface area (TPSA) is 69.7 Å². The Morgan fingerprint density at radius 1 is 1.13 bits per heavy atom. The number of aryl methyl sites for hydroxylation is 1. The fraction of sp³-hybridized carbons (Fsp3) is 0.562. The van der Waals surface area contributed by atoms with E-state index in [4.69, 9.17) is 0 Å². The average molecular weight is 335 g/mol. The van der Waals surface area contributed by atoms with Crippen molar-refractivity contribution in [1.29, 1.82) is 0 Å². The summed E-state index contributed by atoms with van der Waals surface area (Å²) in [6.45, 7) is 3.07. The van der Waals surface area contributed by atoms with E-state index < -0.39 is 10.0 Å². The predicted octanol–water partition coefficient (Wildman–Crippen LogP) is 1.04. The number of rotatable bonds is 2. The second kappa shape index (κ2) is 5.58. The predicted molar refractivity (Wildman–Crippen MR) is 86.7 cm³/mol. The highest BCUT2D eigenvalue weighted by molar-refractivity contribution is 7.89. The number of nitrogens with zero attached hydrogens (tertiary/aromatic N) is 2. The molecule has 6 nitrogen and oxygen atoms in total. The molecule has 1 amide bonds. The summed E-state index contributed by atoms with van der Waals surface area (Å²) in [5.41, 5.74) is 1.64. The van der Waals surface area contributed by atoms with E-state index in [9.17, 15) is 13.2 Å². The van der Waals surface area contributed by atoms with Gasteiger partial charge in [-0.2, -0.15) is 4.31 Å². The maximum Gasteiger partial charge on any atom is 0.243 e. The first-order valence-corrected chi connectivity index (χ1v) is 9.65. The molecule has 0 aliphatic carbocycles. The lowest BCUT2D eigenvalue weighted by atomic mass is 10.0. The normalized spacial score (nSPS) is 25.7. The van der Waals surface area contributed by atoms with Crippen molar-refractivity contribution in [2.45, 2.75) is 36.6 Å². The quantitative estimate of drug-likeness (QED) is 0.877. The molecule has 0 saturated carbocycles. The Morgan fingerprint density at radius 3 is 2.87 bits per heavy atom. The second-order valence-corrected chi connectivity index (χ2v) is 8.50. The SMILES string of the molecule is O=C1CCc2cc(S(=O)(=O)N3CCN4CCC[C@H]4C3)ccc2N1. The van der Waals surface area contributed by atoms with Crippen molar-refractivity contribution in [3.05, 3.63) is 23.8 Å². The molecule has 0 bridgehead atoms. The molecular formula is C16H21N3O3S. The Morgan fingerprint density at radius 2 is 2.00 bits per heavy atom. The lowest BCUT2D eigenvalue weighted by Crippen LogP contribution is -2.51. The Balaban J connectivity index is 1.60. The van der Waals surface area contributed by atoms with Gasteiger partial charge in [0.1, 0.15) is 0 Å². The van der Waals surface area contributed by atoms with Crippen molar-refractivity contribution >= 4 is 21.6 Å². The fourth-order valence-electron chi connectivity index (χ4n) is 3.85. The first-order chi connectivity index (χ1) is 11.0. The monoisotopic (exact) mass is 335 g/mol. The minimum Gasteiger partial charge on any atom is -0.326 e. The summed E-state index contributed by atoms with van der Waals surface area (Å²) in [5.74, 6) is -0.00883. The molecule has 3 aliphatic heterocycles. The summed E-state index contributed by atoms with van der Waals surface area (Å²) in [6, 6.07) is 5.42. The third kappa shape index (κ3) is 2.66. The molecule has 2 saturated heterocycles. The van der Waals surface area contributed by atoms with Crippen LogP contribution in [-0.4, -0.2) is 55.8 Å². The van der Waals surface area contributed by atoms with Gasteiger partial charge >= 0.3 is 0 Å². The second-order valence-electron chi connectivity index (χ2n) is 6.56. The number of sulfonamides is 1. The van der Waals surface area contributed by atoms with Crippen molar-refractivity contribution in [3.8, 4) is 0 Å². The van der Waals surface area contributed by atoms with Crippen LogP contribution in [0.1, 0.15) is 24.8 Å². The van der Waals surface area contributed by atoms with E-state index in [1.54, 1.807) is 22.5 Å². The molecule has 3 aliphatic rings. The molecular weight excluding hydrogens is 314 g/mol. The van der Waals surface area contributed by atoms with Gasteiger partial charge in [-0.3, -0.25) is 9.69 Å². The van der Waals surface area contributed by atoms with E-state index in [0.29, 0.717) is 36.9 Å². The summed E-state index contributed by atoms with van der Waals surface area (Å²) >= 11 is 0. The number of carbonyl (C=O) groups is 1. The van der Waals surface area contributed by atoms with Crippen LogP contribution in [0.15, 0.2) is 23.1 Å². The highest BCUT2D eigenvalue weighted by atomic mass is 32.2. The highest BCUT2D eigenvalue weighted by Gasteiger charge is 2.36. The van der Waals surface area contributed by atoms with Gasteiger partial charge in [0, 0.05) is 37.8 Å². The van der Waals surface area contributed by atoms with Gasteiger partial charge in [0.2, 0.25) is 15.9 Å². The third-order valence-corrected chi connectivity index (χ3v) is 7.02. The van der Waals surface area contributed by atoms with Gasteiger partial charge in [-0.05, 0) is 49.6 Å². The maximum absolute atomic E-state index is 12.9. The number of benzene rings is 1. The Bertz CT molecular complexity index is 747. The summed E-state index contributed by atoms with van der Waals surface area (Å²) in [5, 5.41) is 2.79. The minimum absolute atomic E-state index is 0.00883. The zero-order chi connectivity index (χ0) is 16.0. The average Bonchev–Trinajstić information content (AvgIpc) is 3.01. The summed E-state index contributed by atoms with van der Waals surface area (Å²) in [7, 11) is -3.45. The molecule has 124 valence electrons. The standard InChI is InChI=1S/C16H21N3O3S/c20-16-6-3-12-10-14(4-5-15(12)17-16)23(21,22)19-9-8-18-7-1-2-13(18)11-19/h4-5,10,13H,1-3,6-9,11H2,(H,17,20)/t13-/m0/s1. The number of amides is 1. The van der Waals surface area contributed by atoms with Gasteiger partial charge < -0.3 is 5.32 Å². The molecule has 3 heterocycles. The van der Waals surface area contributed by atoms with Crippen LogP contribution in [0, 0.1) is 0 Å². The Hall–Kier alpha value is -1.44. The maximum atomic E-state index is 12.9. The summed E-state index contributed by atoms with van der Waals surface area (Å²) < 4.78 is 27.5. The molecule has 1 N–H and O–H groups in total. The molecule has 0 spiro atoms. The van der Waals surface area contributed by atoms with Crippen LogP contribution >= 0.6 is 0 Å². The Kier molecular flexibility index (Phi) is 3.66. The zero-order valence-corrected chi connectivity index (χ0v) is 13.8. The van der Waals surface area contributed by atoms with E-state index in [2.05, 4.69) is 10.2 Å². The van der Waals surface area contributed by atoms with Gasteiger partial charge in [0.15, 0.2) is 0 Å². The van der Waals surface area contributed by atoms with Crippen LogP contribution in [0.4, 0.5) is 5.69 Å². The minimum atomic E-state index is -3.45. The number of anilines is 1. The molecule has 2 fully saturated rings. The fourth-order valence-corrected chi connectivity index (χ4v) is 5.37. The lowest BCUT2D eigenvalue weighted by Gasteiger charge is -2.36. The number of nitrogens with one attached hydrogen (secondary N) is 1. The van der Waals surface area contributed by atoms with Gasteiger partial charge in [0.05, 0.1) is 4.90 Å². The van der Waals surface area contributed by atoms with Gasteiger partial charge in [-0.1, -0.05) is 0 Å². The van der Waals surface area contributed by atoms with Crippen molar-refractivity contribution in [2.75, 3.05) is 31.5 Å². The van der Waals surface area contributed by atoms with Crippen LogP contribution in [0.2, 0.25) is 0 Å². The van der Waals surface area contributed by atoms with Crippen LogP contribution in [0.25, 0.3) is 0 Å². The van der Waals surface area contributed by atoms with E-state index in [0.717, 1.165) is 37.2 Å². The third-order valence-electron chi connectivity index (χ3n) is 5.16. The molecule has 0 radical (unpaired) electrons.